The SMILES string of the molecule is CNC(CC(=O)O)C(O)c1ccc2c(c1)OCO2. The zero-order valence-electron chi connectivity index (χ0n) is 9.92. The van der Waals surface area contributed by atoms with E-state index in [4.69, 9.17) is 14.6 Å². The maximum Gasteiger partial charge on any atom is 0.305 e. The summed E-state index contributed by atoms with van der Waals surface area (Å²) in [7, 11) is 1.61. The Hall–Kier alpha value is -1.79. The van der Waals surface area contributed by atoms with Crippen molar-refractivity contribution in [3.63, 3.8) is 0 Å². The number of hydrogen-bond donors (Lipinski definition) is 3. The molecule has 1 aliphatic heterocycles. The predicted octanol–water partition coefficient (Wildman–Crippen LogP) is 0.511. The van der Waals surface area contributed by atoms with Gasteiger partial charge in [0.05, 0.1) is 12.5 Å². The topological polar surface area (TPSA) is 88.0 Å². The molecule has 1 heterocycles. The van der Waals surface area contributed by atoms with Crippen molar-refractivity contribution < 1.29 is 24.5 Å². The average Bonchev–Trinajstić information content (AvgIpc) is 2.81. The van der Waals surface area contributed by atoms with E-state index in [2.05, 4.69) is 5.32 Å². The molecule has 2 rings (SSSR count). The molecule has 2 atom stereocenters. The molecule has 0 amide bonds. The molecule has 6 heteroatoms. The van der Waals surface area contributed by atoms with Gasteiger partial charge in [-0.1, -0.05) is 6.07 Å². The maximum absolute atomic E-state index is 10.7. The first-order valence-corrected chi connectivity index (χ1v) is 5.58. The Morgan fingerprint density at radius 1 is 1.44 bits per heavy atom. The number of aliphatic hydroxyl groups is 1. The van der Waals surface area contributed by atoms with Crippen LogP contribution in [0.1, 0.15) is 18.1 Å². The molecular formula is C12H15NO5. The van der Waals surface area contributed by atoms with E-state index in [1.807, 2.05) is 0 Å². The molecule has 0 fully saturated rings. The minimum Gasteiger partial charge on any atom is -0.481 e. The number of carboxylic acids is 1. The summed E-state index contributed by atoms with van der Waals surface area (Å²) < 4.78 is 10.4. The summed E-state index contributed by atoms with van der Waals surface area (Å²) in [5, 5.41) is 21.7. The highest BCUT2D eigenvalue weighted by Crippen LogP contribution is 2.34. The lowest BCUT2D eigenvalue weighted by atomic mass is 9.99. The second-order valence-electron chi connectivity index (χ2n) is 4.05. The van der Waals surface area contributed by atoms with Gasteiger partial charge in [-0.15, -0.1) is 0 Å². The zero-order valence-corrected chi connectivity index (χ0v) is 9.92. The Kier molecular flexibility index (Phi) is 3.69. The molecular weight excluding hydrogens is 238 g/mol. The second-order valence-corrected chi connectivity index (χ2v) is 4.05. The van der Waals surface area contributed by atoms with Crippen molar-refractivity contribution in [1.82, 2.24) is 5.32 Å². The quantitative estimate of drug-likeness (QED) is 0.708. The number of carbonyl (C=O) groups is 1. The summed E-state index contributed by atoms with van der Waals surface area (Å²) >= 11 is 0. The third kappa shape index (κ3) is 2.55. The summed E-state index contributed by atoms with van der Waals surface area (Å²) in [6.07, 6.45) is -1.08. The van der Waals surface area contributed by atoms with Gasteiger partial charge in [-0.3, -0.25) is 4.79 Å². The van der Waals surface area contributed by atoms with Crippen molar-refractivity contribution in [1.29, 1.82) is 0 Å². The number of hydrogen-bond acceptors (Lipinski definition) is 5. The second kappa shape index (κ2) is 5.24. The van der Waals surface area contributed by atoms with E-state index in [-0.39, 0.29) is 13.2 Å². The molecule has 6 nitrogen and oxygen atoms in total. The van der Waals surface area contributed by atoms with Crippen molar-refractivity contribution in [2.75, 3.05) is 13.8 Å². The standard InChI is InChI=1S/C12H15NO5/c1-13-8(5-11(14)15)12(16)7-2-3-9-10(4-7)18-6-17-9/h2-4,8,12-13,16H,5-6H2,1H3,(H,14,15). The summed E-state index contributed by atoms with van der Waals surface area (Å²) in [6.45, 7) is 0.166. The molecule has 0 spiro atoms. The number of carboxylic acid groups (broad SMARTS) is 1. The van der Waals surface area contributed by atoms with Crippen LogP contribution in [-0.2, 0) is 4.79 Å². The lowest BCUT2D eigenvalue weighted by molar-refractivity contribution is -0.138. The van der Waals surface area contributed by atoms with E-state index in [1.54, 1.807) is 25.2 Å². The smallest absolute Gasteiger partial charge is 0.305 e. The van der Waals surface area contributed by atoms with E-state index < -0.39 is 18.1 Å². The largest absolute Gasteiger partial charge is 0.481 e. The van der Waals surface area contributed by atoms with E-state index in [0.717, 1.165) is 0 Å². The van der Waals surface area contributed by atoms with Gasteiger partial charge in [0.1, 0.15) is 0 Å². The average molecular weight is 253 g/mol. The monoisotopic (exact) mass is 253 g/mol. The highest BCUT2D eigenvalue weighted by molar-refractivity contribution is 5.67. The highest BCUT2D eigenvalue weighted by Gasteiger charge is 2.24. The van der Waals surface area contributed by atoms with Crippen LogP contribution in [0.3, 0.4) is 0 Å². The third-order valence-electron chi connectivity index (χ3n) is 2.88. The van der Waals surface area contributed by atoms with Gasteiger partial charge in [0.25, 0.3) is 0 Å². The van der Waals surface area contributed by atoms with Gasteiger partial charge in [0.2, 0.25) is 6.79 Å². The van der Waals surface area contributed by atoms with E-state index in [9.17, 15) is 9.90 Å². The van der Waals surface area contributed by atoms with Crippen LogP contribution in [0, 0.1) is 0 Å². The van der Waals surface area contributed by atoms with Crippen molar-refractivity contribution in [2.45, 2.75) is 18.6 Å². The van der Waals surface area contributed by atoms with Gasteiger partial charge >= 0.3 is 5.97 Å². The predicted molar refractivity (Wildman–Crippen MR) is 62.6 cm³/mol. The first-order chi connectivity index (χ1) is 8.61. The molecule has 98 valence electrons. The fraction of sp³-hybridized carbons (Fsp3) is 0.417. The van der Waals surface area contributed by atoms with Crippen LogP contribution >= 0.6 is 0 Å². The number of rotatable bonds is 5. The van der Waals surface area contributed by atoms with Crippen LogP contribution < -0.4 is 14.8 Å². The molecule has 0 aromatic heterocycles. The zero-order chi connectivity index (χ0) is 13.1. The van der Waals surface area contributed by atoms with Gasteiger partial charge in [-0.25, -0.2) is 0 Å². The van der Waals surface area contributed by atoms with E-state index in [0.29, 0.717) is 17.1 Å². The molecule has 0 aliphatic carbocycles. The normalized spacial score (nSPS) is 16.3. The van der Waals surface area contributed by atoms with Crippen LogP contribution in [0.15, 0.2) is 18.2 Å². The number of fused-ring (bicyclic) bond motifs is 1. The molecule has 1 aromatic rings. The molecule has 0 radical (unpaired) electrons. The van der Waals surface area contributed by atoms with Crippen molar-refractivity contribution >= 4 is 5.97 Å². The number of aliphatic hydroxyl groups excluding tert-OH is 1. The Bertz CT molecular complexity index is 448. The number of aliphatic carboxylic acids is 1. The third-order valence-corrected chi connectivity index (χ3v) is 2.88. The number of benzene rings is 1. The number of ether oxygens (including phenoxy) is 2. The van der Waals surface area contributed by atoms with Gasteiger partial charge in [-0.05, 0) is 24.7 Å². The molecule has 2 unspecified atom stereocenters. The fourth-order valence-corrected chi connectivity index (χ4v) is 1.89. The molecule has 3 N–H and O–H groups in total. The summed E-state index contributed by atoms with van der Waals surface area (Å²) in [4.78, 5) is 10.7. The van der Waals surface area contributed by atoms with Crippen LogP contribution in [0.4, 0.5) is 0 Å². The lowest BCUT2D eigenvalue weighted by Gasteiger charge is -2.21. The van der Waals surface area contributed by atoms with Crippen LogP contribution in [0.5, 0.6) is 11.5 Å². The lowest BCUT2D eigenvalue weighted by Crippen LogP contribution is -2.34. The fourth-order valence-electron chi connectivity index (χ4n) is 1.89. The first-order valence-electron chi connectivity index (χ1n) is 5.58. The van der Waals surface area contributed by atoms with Crippen LogP contribution in [0.25, 0.3) is 0 Å². The highest BCUT2D eigenvalue weighted by atomic mass is 16.7. The molecule has 0 saturated carbocycles. The van der Waals surface area contributed by atoms with Crippen molar-refractivity contribution in [2.24, 2.45) is 0 Å². The number of nitrogens with one attached hydrogen (secondary N) is 1. The van der Waals surface area contributed by atoms with E-state index in [1.165, 1.54) is 0 Å². The van der Waals surface area contributed by atoms with Gasteiger partial charge < -0.3 is 25.0 Å². The molecule has 18 heavy (non-hydrogen) atoms. The molecule has 1 aromatic carbocycles. The van der Waals surface area contributed by atoms with Gasteiger partial charge in [0.15, 0.2) is 11.5 Å². The maximum atomic E-state index is 10.7. The molecule has 1 aliphatic rings. The Balaban J connectivity index is 2.16. The summed E-state index contributed by atoms with van der Waals surface area (Å²) in [6, 6.07) is 4.51. The Morgan fingerprint density at radius 2 is 2.17 bits per heavy atom. The van der Waals surface area contributed by atoms with Crippen LogP contribution in [0.2, 0.25) is 0 Å². The van der Waals surface area contributed by atoms with Gasteiger partial charge in [0, 0.05) is 6.04 Å². The summed E-state index contributed by atoms with van der Waals surface area (Å²) in [5.74, 6) is 0.232. The van der Waals surface area contributed by atoms with Gasteiger partial charge in [-0.2, -0.15) is 0 Å². The van der Waals surface area contributed by atoms with E-state index >= 15 is 0 Å². The minimum atomic E-state index is -0.964. The summed E-state index contributed by atoms with van der Waals surface area (Å²) in [5.41, 5.74) is 0.597. The van der Waals surface area contributed by atoms with Crippen LogP contribution in [-0.4, -0.2) is 36.1 Å². The Labute approximate surface area is 104 Å². The first kappa shape index (κ1) is 12.7. The number of likely N-dealkylation sites (N-methyl/N-ethyl adjacent to an activating group) is 1. The van der Waals surface area contributed by atoms with Crippen molar-refractivity contribution in [3.8, 4) is 11.5 Å². The molecule has 0 bridgehead atoms. The molecule has 0 saturated heterocycles. The minimum absolute atomic E-state index is 0.161. The van der Waals surface area contributed by atoms with Crippen molar-refractivity contribution in [3.05, 3.63) is 23.8 Å². The Morgan fingerprint density at radius 3 is 2.83 bits per heavy atom.